The van der Waals surface area contributed by atoms with Gasteiger partial charge in [0.25, 0.3) is 0 Å². The van der Waals surface area contributed by atoms with Gasteiger partial charge in [0.1, 0.15) is 5.75 Å². The molecule has 0 amide bonds. The number of hydrogen-bond acceptors (Lipinski definition) is 2. The third-order valence-electron chi connectivity index (χ3n) is 4.42. The summed E-state index contributed by atoms with van der Waals surface area (Å²) in [6.07, 6.45) is 4.99. The Morgan fingerprint density at radius 2 is 2.16 bits per heavy atom. The Balaban J connectivity index is 1.75. The molecule has 0 radical (unpaired) electrons. The number of ether oxygens (including phenoxy) is 1. The van der Waals surface area contributed by atoms with E-state index in [0.717, 1.165) is 23.2 Å². The molecule has 2 aliphatic rings. The van der Waals surface area contributed by atoms with Crippen molar-refractivity contribution < 1.29 is 4.74 Å². The molecule has 1 N–H and O–H groups in total. The van der Waals surface area contributed by atoms with E-state index in [4.69, 9.17) is 4.74 Å². The highest BCUT2D eigenvalue weighted by Crippen LogP contribution is 2.40. The lowest BCUT2D eigenvalue weighted by molar-refractivity contribution is 0.241. The van der Waals surface area contributed by atoms with Crippen LogP contribution in [0.15, 0.2) is 22.7 Å². The van der Waals surface area contributed by atoms with Crippen molar-refractivity contribution in [2.24, 2.45) is 5.41 Å². The largest absolute Gasteiger partial charge is 0.493 e. The zero-order valence-corrected chi connectivity index (χ0v) is 13.3. The molecule has 0 spiro atoms. The molecule has 1 aliphatic carbocycles. The molecule has 1 aromatic rings. The highest BCUT2D eigenvalue weighted by atomic mass is 79.9. The quantitative estimate of drug-likeness (QED) is 0.868. The maximum absolute atomic E-state index is 5.75. The summed E-state index contributed by atoms with van der Waals surface area (Å²) in [5.74, 6) is 1.05. The van der Waals surface area contributed by atoms with Crippen LogP contribution in [0.1, 0.15) is 51.1 Å². The normalized spacial score (nSPS) is 28.8. The van der Waals surface area contributed by atoms with Gasteiger partial charge >= 0.3 is 0 Å². The number of nitrogens with one attached hydrogen (secondary N) is 1. The molecule has 0 bridgehead atoms. The topological polar surface area (TPSA) is 21.3 Å². The van der Waals surface area contributed by atoms with Gasteiger partial charge in [-0.1, -0.05) is 29.8 Å². The third-order valence-corrected chi connectivity index (χ3v) is 4.91. The lowest BCUT2D eigenvalue weighted by atomic mass is 9.91. The smallest absolute Gasteiger partial charge is 0.124 e. The van der Waals surface area contributed by atoms with E-state index in [0.29, 0.717) is 17.5 Å². The first-order valence-electron chi connectivity index (χ1n) is 7.22. The zero-order chi connectivity index (χ0) is 13.5. The Morgan fingerprint density at radius 1 is 1.32 bits per heavy atom. The average molecular weight is 324 g/mol. The van der Waals surface area contributed by atoms with Crippen molar-refractivity contribution in [1.29, 1.82) is 0 Å². The molecule has 19 heavy (non-hydrogen) atoms. The van der Waals surface area contributed by atoms with E-state index in [2.05, 4.69) is 53.3 Å². The maximum atomic E-state index is 5.75. The first-order valence-corrected chi connectivity index (χ1v) is 8.01. The van der Waals surface area contributed by atoms with E-state index in [-0.39, 0.29) is 0 Å². The van der Waals surface area contributed by atoms with Crippen molar-refractivity contribution in [2.75, 3.05) is 6.61 Å². The third kappa shape index (κ3) is 2.97. The average Bonchev–Trinajstić information content (AvgIpc) is 2.69. The second kappa shape index (κ2) is 5.10. The molecular formula is C16H22BrNO. The summed E-state index contributed by atoms with van der Waals surface area (Å²) in [5.41, 5.74) is 1.81. The van der Waals surface area contributed by atoms with Crippen LogP contribution < -0.4 is 10.1 Å². The van der Waals surface area contributed by atoms with Crippen LogP contribution in [0.25, 0.3) is 0 Å². The number of hydrogen-bond donors (Lipinski definition) is 1. The SMILES string of the molecule is CC1(C)CCC(NC2CCOc3ccc(Br)cc32)C1. The molecule has 0 saturated heterocycles. The predicted octanol–water partition coefficient (Wildman–Crippen LogP) is 4.44. The van der Waals surface area contributed by atoms with Crippen LogP contribution in [0, 0.1) is 5.41 Å². The lowest BCUT2D eigenvalue weighted by Crippen LogP contribution is -2.34. The van der Waals surface area contributed by atoms with E-state index in [1.54, 1.807) is 0 Å². The molecule has 2 atom stereocenters. The van der Waals surface area contributed by atoms with Crippen LogP contribution in [0.2, 0.25) is 0 Å². The first-order chi connectivity index (χ1) is 9.03. The summed E-state index contributed by atoms with van der Waals surface area (Å²) in [5, 5.41) is 3.86. The van der Waals surface area contributed by atoms with Crippen LogP contribution >= 0.6 is 15.9 Å². The van der Waals surface area contributed by atoms with E-state index < -0.39 is 0 Å². The van der Waals surface area contributed by atoms with Crippen molar-refractivity contribution in [2.45, 2.75) is 51.6 Å². The van der Waals surface area contributed by atoms with Gasteiger partial charge in [0, 0.05) is 28.5 Å². The van der Waals surface area contributed by atoms with Crippen LogP contribution in [-0.2, 0) is 0 Å². The van der Waals surface area contributed by atoms with E-state index in [1.807, 2.05) is 0 Å². The van der Waals surface area contributed by atoms with Gasteiger partial charge in [0.2, 0.25) is 0 Å². The second-order valence-corrected chi connectivity index (χ2v) is 7.56. The molecule has 1 aromatic carbocycles. The lowest BCUT2D eigenvalue weighted by Gasteiger charge is -2.30. The molecule has 2 unspecified atom stereocenters. The van der Waals surface area contributed by atoms with Crippen LogP contribution in [0.3, 0.4) is 0 Å². The highest BCUT2D eigenvalue weighted by Gasteiger charge is 2.33. The summed E-state index contributed by atoms with van der Waals surface area (Å²) >= 11 is 3.57. The van der Waals surface area contributed by atoms with Crippen molar-refractivity contribution in [3.63, 3.8) is 0 Å². The van der Waals surface area contributed by atoms with Gasteiger partial charge in [-0.25, -0.2) is 0 Å². The Morgan fingerprint density at radius 3 is 2.89 bits per heavy atom. The fraction of sp³-hybridized carbons (Fsp3) is 0.625. The standard InChI is InChI=1S/C16H22BrNO/c1-16(2)7-5-12(10-16)18-14-6-8-19-15-4-3-11(17)9-13(14)15/h3-4,9,12,14,18H,5-8,10H2,1-2H3. The molecule has 3 heteroatoms. The summed E-state index contributed by atoms with van der Waals surface area (Å²) in [6, 6.07) is 7.43. The molecule has 1 aliphatic heterocycles. The molecule has 104 valence electrons. The minimum Gasteiger partial charge on any atom is -0.493 e. The zero-order valence-electron chi connectivity index (χ0n) is 11.7. The fourth-order valence-corrected chi connectivity index (χ4v) is 3.78. The van der Waals surface area contributed by atoms with Crippen LogP contribution in [0.5, 0.6) is 5.75 Å². The molecular weight excluding hydrogens is 302 g/mol. The fourth-order valence-electron chi connectivity index (χ4n) is 3.40. The minimum atomic E-state index is 0.445. The number of fused-ring (bicyclic) bond motifs is 1. The van der Waals surface area contributed by atoms with Gasteiger partial charge in [-0.2, -0.15) is 0 Å². The van der Waals surface area contributed by atoms with E-state index >= 15 is 0 Å². The van der Waals surface area contributed by atoms with Crippen LogP contribution in [0.4, 0.5) is 0 Å². The Bertz CT molecular complexity index is 472. The molecule has 1 heterocycles. The second-order valence-electron chi connectivity index (χ2n) is 6.64. The Kier molecular flexibility index (Phi) is 3.61. The highest BCUT2D eigenvalue weighted by molar-refractivity contribution is 9.10. The number of benzene rings is 1. The maximum Gasteiger partial charge on any atom is 0.124 e. The van der Waals surface area contributed by atoms with Crippen molar-refractivity contribution in [3.05, 3.63) is 28.2 Å². The summed E-state index contributed by atoms with van der Waals surface area (Å²) in [4.78, 5) is 0. The molecule has 1 saturated carbocycles. The molecule has 2 nitrogen and oxygen atoms in total. The number of rotatable bonds is 2. The van der Waals surface area contributed by atoms with Crippen molar-refractivity contribution >= 4 is 15.9 Å². The van der Waals surface area contributed by atoms with E-state index in [1.165, 1.54) is 24.8 Å². The van der Waals surface area contributed by atoms with Gasteiger partial charge in [-0.15, -0.1) is 0 Å². The van der Waals surface area contributed by atoms with Gasteiger partial charge in [-0.3, -0.25) is 0 Å². The van der Waals surface area contributed by atoms with Crippen molar-refractivity contribution in [1.82, 2.24) is 5.32 Å². The number of halogens is 1. The molecule has 3 rings (SSSR count). The predicted molar refractivity (Wildman–Crippen MR) is 81.6 cm³/mol. The van der Waals surface area contributed by atoms with Crippen LogP contribution in [-0.4, -0.2) is 12.6 Å². The Hall–Kier alpha value is -0.540. The first kappa shape index (κ1) is 13.4. The minimum absolute atomic E-state index is 0.445. The van der Waals surface area contributed by atoms with Crippen molar-refractivity contribution in [3.8, 4) is 5.75 Å². The van der Waals surface area contributed by atoms with Gasteiger partial charge < -0.3 is 10.1 Å². The Labute approximate surface area is 124 Å². The van der Waals surface area contributed by atoms with Gasteiger partial charge in [-0.05, 0) is 42.9 Å². The molecule has 1 fully saturated rings. The van der Waals surface area contributed by atoms with Gasteiger partial charge in [0.05, 0.1) is 6.61 Å². The summed E-state index contributed by atoms with van der Waals surface area (Å²) < 4.78 is 6.89. The van der Waals surface area contributed by atoms with Gasteiger partial charge in [0.15, 0.2) is 0 Å². The van der Waals surface area contributed by atoms with E-state index in [9.17, 15) is 0 Å². The monoisotopic (exact) mass is 323 g/mol. The summed E-state index contributed by atoms with van der Waals surface area (Å²) in [7, 11) is 0. The summed E-state index contributed by atoms with van der Waals surface area (Å²) in [6.45, 7) is 5.58. The molecule has 0 aromatic heterocycles.